The summed E-state index contributed by atoms with van der Waals surface area (Å²) in [6, 6.07) is 4.17. The maximum atomic E-state index is 5.33. The number of rotatable bonds is 2. The highest BCUT2D eigenvalue weighted by molar-refractivity contribution is 7.17. The molecule has 0 aliphatic carbocycles. The van der Waals surface area contributed by atoms with E-state index in [9.17, 15) is 0 Å². The number of aryl methyl sites for hydroxylation is 3. The molecule has 0 fully saturated rings. The Morgan fingerprint density at radius 2 is 1.84 bits per heavy atom. The minimum absolute atomic E-state index is 0.911. The second-order valence-electron chi connectivity index (χ2n) is 4.72. The van der Waals surface area contributed by atoms with Crippen LogP contribution < -0.4 is 4.74 Å². The van der Waals surface area contributed by atoms with E-state index in [1.54, 1.807) is 18.4 Å². The van der Waals surface area contributed by atoms with Crippen molar-refractivity contribution in [1.82, 2.24) is 9.38 Å². The van der Waals surface area contributed by atoms with Gasteiger partial charge in [0.15, 0.2) is 4.96 Å². The predicted molar refractivity (Wildman–Crippen MR) is 79.3 cm³/mol. The third-order valence-corrected chi connectivity index (χ3v) is 4.39. The molecule has 19 heavy (non-hydrogen) atoms. The number of methoxy groups -OCH3 is 1. The van der Waals surface area contributed by atoms with Crippen LogP contribution in [0.4, 0.5) is 0 Å². The number of hydrogen-bond donors (Lipinski definition) is 0. The molecule has 2 aromatic heterocycles. The summed E-state index contributed by atoms with van der Waals surface area (Å²) >= 11 is 1.73. The van der Waals surface area contributed by atoms with Crippen LogP contribution in [-0.4, -0.2) is 16.5 Å². The van der Waals surface area contributed by atoms with E-state index in [0.717, 1.165) is 10.7 Å². The third kappa shape index (κ3) is 1.83. The van der Waals surface area contributed by atoms with Gasteiger partial charge in [0.25, 0.3) is 0 Å². The first-order valence-electron chi connectivity index (χ1n) is 6.20. The van der Waals surface area contributed by atoms with Crippen LogP contribution in [0.15, 0.2) is 24.5 Å². The van der Waals surface area contributed by atoms with Gasteiger partial charge in [-0.2, -0.15) is 0 Å². The van der Waals surface area contributed by atoms with Crippen LogP contribution >= 0.6 is 11.3 Å². The molecule has 3 rings (SSSR count). The van der Waals surface area contributed by atoms with Crippen molar-refractivity contribution in [2.75, 3.05) is 7.11 Å². The molecule has 0 aliphatic rings. The Kier molecular flexibility index (Phi) is 2.82. The molecule has 2 heterocycles. The molecule has 0 amide bonds. The SMILES string of the molecule is COc1cc(C)c(-c2c(C)sc3nccn23)c(C)c1. The number of hydrogen-bond acceptors (Lipinski definition) is 3. The molecule has 0 N–H and O–H groups in total. The number of thiazole rings is 1. The first-order valence-corrected chi connectivity index (χ1v) is 7.01. The summed E-state index contributed by atoms with van der Waals surface area (Å²) < 4.78 is 7.50. The second kappa shape index (κ2) is 4.38. The molecule has 0 saturated carbocycles. The minimum Gasteiger partial charge on any atom is -0.497 e. The zero-order valence-electron chi connectivity index (χ0n) is 11.5. The molecule has 3 aromatic rings. The molecule has 0 aliphatic heterocycles. The van der Waals surface area contributed by atoms with Gasteiger partial charge in [-0.1, -0.05) is 0 Å². The lowest BCUT2D eigenvalue weighted by atomic mass is 9.99. The van der Waals surface area contributed by atoms with Crippen LogP contribution in [0.3, 0.4) is 0 Å². The van der Waals surface area contributed by atoms with Gasteiger partial charge in [0.1, 0.15) is 5.75 Å². The number of imidazole rings is 1. The zero-order valence-corrected chi connectivity index (χ0v) is 12.3. The maximum Gasteiger partial charge on any atom is 0.194 e. The Morgan fingerprint density at radius 1 is 1.16 bits per heavy atom. The normalized spacial score (nSPS) is 11.2. The topological polar surface area (TPSA) is 26.5 Å². The van der Waals surface area contributed by atoms with E-state index in [1.165, 1.54) is 27.3 Å². The largest absolute Gasteiger partial charge is 0.497 e. The highest BCUT2D eigenvalue weighted by Crippen LogP contribution is 2.36. The van der Waals surface area contributed by atoms with E-state index < -0.39 is 0 Å². The molecule has 4 heteroatoms. The van der Waals surface area contributed by atoms with Gasteiger partial charge in [-0.15, -0.1) is 11.3 Å². The van der Waals surface area contributed by atoms with Gasteiger partial charge in [-0.05, 0) is 44.0 Å². The molecule has 0 radical (unpaired) electrons. The van der Waals surface area contributed by atoms with Crippen LogP contribution in [0.25, 0.3) is 16.2 Å². The summed E-state index contributed by atoms with van der Waals surface area (Å²) in [6.07, 6.45) is 3.88. The van der Waals surface area contributed by atoms with Crippen molar-refractivity contribution in [3.05, 3.63) is 40.5 Å². The van der Waals surface area contributed by atoms with Crippen LogP contribution in [0.1, 0.15) is 16.0 Å². The first-order chi connectivity index (χ1) is 9.11. The summed E-state index contributed by atoms with van der Waals surface area (Å²) in [6.45, 7) is 6.41. The number of fused-ring (bicyclic) bond motifs is 1. The van der Waals surface area contributed by atoms with Crippen molar-refractivity contribution in [3.8, 4) is 17.0 Å². The van der Waals surface area contributed by atoms with E-state index in [1.807, 2.05) is 12.4 Å². The fourth-order valence-corrected chi connectivity index (χ4v) is 3.54. The average molecular weight is 272 g/mol. The number of ether oxygens (including phenoxy) is 1. The van der Waals surface area contributed by atoms with Gasteiger partial charge in [-0.25, -0.2) is 4.98 Å². The number of benzene rings is 1. The second-order valence-corrected chi connectivity index (χ2v) is 5.90. The third-order valence-electron chi connectivity index (χ3n) is 3.40. The van der Waals surface area contributed by atoms with E-state index in [0.29, 0.717) is 0 Å². The van der Waals surface area contributed by atoms with Gasteiger partial charge in [0.05, 0.1) is 12.8 Å². The van der Waals surface area contributed by atoms with Crippen LogP contribution in [-0.2, 0) is 0 Å². The van der Waals surface area contributed by atoms with E-state index in [-0.39, 0.29) is 0 Å². The quantitative estimate of drug-likeness (QED) is 0.705. The lowest BCUT2D eigenvalue weighted by Gasteiger charge is -2.12. The van der Waals surface area contributed by atoms with E-state index >= 15 is 0 Å². The van der Waals surface area contributed by atoms with Crippen molar-refractivity contribution in [1.29, 1.82) is 0 Å². The predicted octanol–water partition coefficient (Wildman–Crippen LogP) is 4.00. The maximum absolute atomic E-state index is 5.33. The summed E-state index contributed by atoms with van der Waals surface area (Å²) in [5.41, 5.74) is 4.99. The van der Waals surface area contributed by atoms with Gasteiger partial charge >= 0.3 is 0 Å². The Bertz CT molecular complexity index is 732. The van der Waals surface area contributed by atoms with Gasteiger partial charge in [-0.3, -0.25) is 4.40 Å². The fourth-order valence-electron chi connectivity index (χ4n) is 2.60. The molecule has 0 bridgehead atoms. The highest BCUT2D eigenvalue weighted by atomic mass is 32.1. The molecule has 98 valence electrons. The van der Waals surface area contributed by atoms with Crippen LogP contribution in [0, 0.1) is 20.8 Å². The van der Waals surface area contributed by atoms with Gasteiger partial charge < -0.3 is 4.74 Å². The summed E-state index contributed by atoms with van der Waals surface area (Å²) in [4.78, 5) is 6.71. The lowest BCUT2D eigenvalue weighted by molar-refractivity contribution is 0.414. The van der Waals surface area contributed by atoms with Crippen molar-refractivity contribution < 1.29 is 4.74 Å². The molecule has 0 spiro atoms. The molecule has 3 nitrogen and oxygen atoms in total. The van der Waals surface area contributed by atoms with Gasteiger partial charge in [0, 0.05) is 22.8 Å². The Hall–Kier alpha value is -1.81. The Morgan fingerprint density at radius 3 is 2.47 bits per heavy atom. The van der Waals surface area contributed by atoms with Crippen LogP contribution in [0.5, 0.6) is 5.75 Å². The molecule has 0 saturated heterocycles. The first kappa shape index (κ1) is 12.2. The minimum atomic E-state index is 0.911. The standard InChI is InChI=1S/C15H16N2OS/c1-9-7-12(18-4)8-10(2)13(9)14-11(3)19-15-16-5-6-17(14)15/h5-8H,1-4H3. The monoisotopic (exact) mass is 272 g/mol. The molecule has 1 aromatic carbocycles. The smallest absolute Gasteiger partial charge is 0.194 e. The average Bonchev–Trinajstić information content (AvgIpc) is 2.90. The molecule has 0 unspecified atom stereocenters. The van der Waals surface area contributed by atoms with E-state index in [2.05, 4.69) is 42.3 Å². The van der Waals surface area contributed by atoms with Crippen LogP contribution in [0.2, 0.25) is 0 Å². The Balaban J connectivity index is 2.32. The highest BCUT2D eigenvalue weighted by Gasteiger charge is 2.16. The van der Waals surface area contributed by atoms with Crippen molar-refractivity contribution in [2.45, 2.75) is 20.8 Å². The lowest BCUT2D eigenvalue weighted by Crippen LogP contribution is -1.95. The van der Waals surface area contributed by atoms with Crippen molar-refractivity contribution in [2.24, 2.45) is 0 Å². The molecular weight excluding hydrogens is 256 g/mol. The number of aromatic nitrogens is 2. The fraction of sp³-hybridized carbons (Fsp3) is 0.267. The van der Waals surface area contributed by atoms with Crippen molar-refractivity contribution in [3.63, 3.8) is 0 Å². The molecular formula is C15H16N2OS. The Labute approximate surface area is 116 Å². The summed E-state index contributed by atoms with van der Waals surface area (Å²) in [7, 11) is 1.71. The van der Waals surface area contributed by atoms with Crippen molar-refractivity contribution >= 4 is 16.3 Å². The summed E-state index contributed by atoms with van der Waals surface area (Å²) in [5.74, 6) is 0.911. The summed E-state index contributed by atoms with van der Waals surface area (Å²) in [5, 5.41) is 0. The number of nitrogens with zero attached hydrogens (tertiary/aromatic N) is 2. The van der Waals surface area contributed by atoms with E-state index in [4.69, 9.17) is 4.74 Å². The zero-order chi connectivity index (χ0) is 13.6. The molecule has 0 atom stereocenters. The van der Waals surface area contributed by atoms with Gasteiger partial charge in [0.2, 0.25) is 0 Å².